The summed E-state index contributed by atoms with van der Waals surface area (Å²) >= 11 is -1.56. The summed E-state index contributed by atoms with van der Waals surface area (Å²) in [6, 6.07) is -0.505. The summed E-state index contributed by atoms with van der Waals surface area (Å²) in [5.41, 5.74) is -1.14. The Morgan fingerprint density at radius 2 is 1.61 bits per heavy atom. The van der Waals surface area contributed by atoms with Crippen molar-refractivity contribution in [1.29, 1.82) is 0 Å². The lowest BCUT2D eigenvalue weighted by molar-refractivity contribution is -0.0120. The van der Waals surface area contributed by atoms with Gasteiger partial charge in [0, 0.05) is 38.8 Å². The number of hydrogen-bond donors (Lipinski definition) is 1. The van der Waals surface area contributed by atoms with Crippen LogP contribution in [0.25, 0.3) is 0 Å². The monoisotopic (exact) mass is 490 g/mol. The van der Waals surface area contributed by atoms with Crippen LogP contribution >= 0.6 is 0 Å². The summed E-state index contributed by atoms with van der Waals surface area (Å²) in [6.45, 7) is 14.4. The molecule has 0 radical (unpaired) electrons. The van der Waals surface area contributed by atoms with Gasteiger partial charge in [-0.05, 0) is 41.5 Å². The van der Waals surface area contributed by atoms with Crippen LogP contribution < -0.4 is 5.32 Å². The van der Waals surface area contributed by atoms with Crippen LogP contribution in [0.1, 0.15) is 41.5 Å². The normalized spacial score (nSPS) is 29.0. The fourth-order valence-corrected chi connectivity index (χ4v) is 5.12. The molecular weight excluding hydrogens is 452 g/mol. The van der Waals surface area contributed by atoms with E-state index in [0.29, 0.717) is 39.3 Å². The zero-order chi connectivity index (χ0) is 24.4. The highest BCUT2D eigenvalue weighted by Crippen LogP contribution is 2.26. The first-order valence-electron chi connectivity index (χ1n) is 11.4. The SMILES string of the molecule is CC(C)(C)OC(=O)N1CCN[C@@H](COCC2CN(C(=O)OC(C)(C)C)C[C@@H]3COS(=O)N23)C1. The Bertz CT molecular complexity index is 739. The first kappa shape index (κ1) is 26.1. The molecule has 4 atom stereocenters. The van der Waals surface area contributed by atoms with E-state index in [1.165, 1.54) is 0 Å². The van der Waals surface area contributed by atoms with E-state index in [4.69, 9.17) is 18.4 Å². The molecule has 12 heteroatoms. The lowest BCUT2D eigenvalue weighted by Gasteiger charge is -2.41. The second-order valence-corrected chi connectivity index (χ2v) is 11.8. The predicted octanol–water partition coefficient (Wildman–Crippen LogP) is 1.11. The number of piperazine rings is 2. The molecule has 0 saturated carbocycles. The first-order valence-corrected chi connectivity index (χ1v) is 12.5. The summed E-state index contributed by atoms with van der Waals surface area (Å²) < 4.78 is 36.4. The van der Waals surface area contributed by atoms with Crippen molar-refractivity contribution >= 4 is 23.5 Å². The van der Waals surface area contributed by atoms with E-state index in [-0.39, 0.29) is 37.4 Å². The van der Waals surface area contributed by atoms with Gasteiger partial charge in [0.25, 0.3) is 0 Å². The van der Waals surface area contributed by atoms with Gasteiger partial charge in [-0.3, -0.25) is 4.18 Å². The van der Waals surface area contributed by atoms with Crippen molar-refractivity contribution in [2.75, 3.05) is 52.5 Å². The van der Waals surface area contributed by atoms with Crippen LogP contribution in [0.3, 0.4) is 0 Å². The molecule has 190 valence electrons. The molecule has 3 fully saturated rings. The van der Waals surface area contributed by atoms with Crippen LogP contribution in [0.5, 0.6) is 0 Å². The minimum absolute atomic E-state index is 0.0482. The van der Waals surface area contributed by atoms with Crippen LogP contribution in [0.4, 0.5) is 9.59 Å². The molecule has 0 bridgehead atoms. The third kappa shape index (κ3) is 7.51. The Morgan fingerprint density at radius 3 is 2.24 bits per heavy atom. The van der Waals surface area contributed by atoms with Gasteiger partial charge in [-0.25, -0.2) is 13.8 Å². The number of nitrogens with zero attached hydrogens (tertiary/aromatic N) is 3. The summed E-state index contributed by atoms with van der Waals surface area (Å²) in [4.78, 5) is 28.3. The third-order valence-electron chi connectivity index (χ3n) is 5.30. The molecule has 3 rings (SSSR count). The van der Waals surface area contributed by atoms with Gasteiger partial charge in [0.1, 0.15) is 11.2 Å². The average Bonchev–Trinajstić information content (AvgIpc) is 3.06. The van der Waals surface area contributed by atoms with Crippen LogP contribution in [-0.4, -0.2) is 112 Å². The van der Waals surface area contributed by atoms with E-state index >= 15 is 0 Å². The van der Waals surface area contributed by atoms with Gasteiger partial charge in [-0.1, -0.05) is 0 Å². The van der Waals surface area contributed by atoms with Crippen molar-refractivity contribution in [3.05, 3.63) is 0 Å². The van der Waals surface area contributed by atoms with Crippen LogP contribution in [0.15, 0.2) is 0 Å². The van der Waals surface area contributed by atoms with Gasteiger partial charge in [-0.2, -0.15) is 4.31 Å². The topological polar surface area (TPSA) is 110 Å². The molecule has 3 heterocycles. The number of fused-ring (bicyclic) bond motifs is 1. The Balaban J connectivity index is 1.53. The zero-order valence-corrected chi connectivity index (χ0v) is 21.3. The van der Waals surface area contributed by atoms with Crippen LogP contribution in [0, 0.1) is 0 Å². The maximum atomic E-state index is 12.6. The third-order valence-corrected chi connectivity index (χ3v) is 6.58. The lowest BCUT2D eigenvalue weighted by atomic mass is 10.1. The van der Waals surface area contributed by atoms with Gasteiger partial charge in [0.05, 0.1) is 31.9 Å². The van der Waals surface area contributed by atoms with Crippen LogP contribution in [0.2, 0.25) is 0 Å². The van der Waals surface area contributed by atoms with Crippen LogP contribution in [-0.2, 0) is 29.7 Å². The molecule has 0 aliphatic carbocycles. The van der Waals surface area contributed by atoms with E-state index in [2.05, 4.69) is 5.32 Å². The molecule has 2 amide bonds. The maximum absolute atomic E-state index is 12.6. The predicted molar refractivity (Wildman–Crippen MR) is 122 cm³/mol. The summed E-state index contributed by atoms with van der Waals surface area (Å²) in [5, 5.41) is 3.36. The Hall–Kier alpha value is -1.47. The van der Waals surface area contributed by atoms with Crippen molar-refractivity contribution in [1.82, 2.24) is 19.4 Å². The molecule has 0 aromatic carbocycles. The number of hydrogen-bond acceptors (Lipinski definition) is 8. The van der Waals surface area contributed by atoms with Gasteiger partial charge in [0.15, 0.2) is 0 Å². The smallest absolute Gasteiger partial charge is 0.410 e. The van der Waals surface area contributed by atoms with E-state index < -0.39 is 28.6 Å². The van der Waals surface area contributed by atoms with Crippen molar-refractivity contribution < 1.29 is 32.2 Å². The van der Waals surface area contributed by atoms with Crippen molar-refractivity contribution in [3.63, 3.8) is 0 Å². The van der Waals surface area contributed by atoms with Crippen molar-refractivity contribution in [2.45, 2.75) is 70.9 Å². The summed E-state index contributed by atoms with van der Waals surface area (Å²) in [6.07, 6.45) is -0.728. The highest BCUT2D eigenvalue weighted by molar-refractivity contribution is 7.78. The zero-order valence-electron chi connectivity index (χ0n) is 20.5. The van der Waals surface area contributed by atoms with E-state index in [1.54, 1.807) is 14.1 Å². The maximum Gasteiger partial charge on any atom is 0.410 e. The number of nitrogens with one attached hydrogen (secondary N) is 1. The fraction of sp³-hybridized carbons (Fsp3) is 0.905. The molecule has 33 heavy (non-hydrogen) atoms. The largest absolute Gasteiger partial charge is 0.444 e. The second kappa shape index (κ2) is 10.4. The number of ether oxygens (including phenoxy) is 3. The first-order chi connectivity index (χ1) is 15.3. The van der Waals surface area contributed by atoms with Gasteiger partial charge in [0.2, 0.25) is 11.3 Å². The molecule has 3 saturated heterocycles. The number of carbonyl (C=O) groups excluding carboxylic acids is 2. The average molecular weight is 491 g/mol. The molecule has 2 unspecified atom stereocenters. The number of carbonyl (C=O) groups is 2. The Labute approximate surface area is 198 Å². The number of rotatable bonds is 4. The number of amides is 2. The molecule has 3 aliphatic heterocycles. The molecule has 11 nitrogen and oxygen atoms in total. The van der Waals surface area contributed by atoms with Crippen molar-refractivity contribution in [3.8, 4) is 0 Å². The molecule has 1 N–H and O–H groups in total. The highest BCUT2D eigenvalue weighted by atomic mass is 32.2. The Kier molecular flexibility index (Phi) is 8.26. The van der Waals surface area contributed by atoms with E-state index in [9.17, 15) is 13.8 Å². The molecular formula is C21H38N4O7S. The summed E-state index contributed by atoms with van der Waals surface area (Å²) in [5.74, 6) is 0. The molecule has 3 aliphatic rings. The molecule has 0 spiro atoms. The quantitative estimate of drug-likeness (QED) is 0.624. The fourth-order valence-electron chi connectivity index (χ4n) is 3.99. The minimum Gasteiger partial charge on any atom is -0.444 e. The standard InChI is InChI=1S/C21H38N4O7S/c1-20(2,3)31-18(26)23-8-7-22-15(9-23)12-29-13-16-10-24(19(27)32-21(4,5)6)11-17-14-30-33(28)25(16)17/h15-17,22H,7-14H2,1-6H3/t15-,16?,17-,33?/m1/s1. The van der Waals surface area contributed by atoms with Gasteiger partial charge < -0.3 is 29.3 Å². The molecule has 0 aromatic heterocycles. The minimum atomic E-state index is -1.56. The Morgan fingerprint density at radius 1 is 0.970 bits per heavy atom. The molecule has 0 aromatic rings. The summed E-state index contributed by atoms with van der Waals surface area (Å²) in [7, 11) is 0. The van der Waals surface area contributed by atoms with E-state index in [1.807, 2.05) is 41.5 Å². The van der Waals surface area contributed by atoms with E-state index in [0.717, 1.165) is 0 Å². The van der Waals surface area contributed by atoms with Crippen molar-refractivity contribution in [2.24, 2.45) is 0 Å². The highest BCUT2D eigenvalue weighted by Gasteiger charge is 2.45. The second-order valence-electron chi connectivity index (χ2n) is 10.7. The van der Waals surface area contributed by atoms with Gasteiger partial charge >= 0.3 is 12.2 Å². The van der Waals surface area contributed by atoms with Gasteiger partial charge in [-0.15, -0.1) is 0 Å². The lowest BCUT2D eigenvalue weighted by Crippen LogP contribution is -2.60.